The van der Waals surface area contributed by atoms with Gasteiger partial charge < -0.3 is 9.57 Å². The zero-order valence-electron chi connectivity index (χ0n) is 6.61. The molecule has 2 unspecified atom stereocenters. The predicted octanol–water partition coefficient (Wildman–Crippen LogP) is 0.428. The second kappa shape index (κ2) is 3.37. The lowest BCUT2D eigenvalue weighted by Gasteiger charge is -1.92. The van der Waals surface area contributed by atoms with Crippen LogP contribution >= 0.6 is 0 Å². The van der Waals surface area contributed by atoms with Gasteiger partial charge in [-0.25, -0.2) is 0 Å². The lowest BCUT2D eigenvalue weighted by Crippen LogP contribution is -2.04. The summed E-state index contributed by atoms with van der Waals surface area (Å²) in [6.45, 7) is 0. The van der Waals surface area contributed by atoms with Crippen LogP contribution in [-0.2, 0) is 14.4 Å². The molecule has 0 aliphatic heterocycles. The number of hydrogen-bond donors (Lipinski definition) is 0. The standard InChI is InChI=1S/C7H11NO3/c1-10-7(9)6-3-5(6)4-8-11-2/h4-6H,3H2,1-2H3. The van der Waals surface area contributed by atoms with Gasteiger partial charge in [-0.3, -0.25) is 4.79 Å². The Balaban J connectivity index is 2.26. The lowest BCUT2D eigenvalue weighted by molar-refractivity contribution is -0.142. The fourth-order valence-corrected chi connectivity index (χ4v) is 0.941. The van der Waals surface area contributed by atoms with Crippen LogP contribution in [0.2, 0.25) is 0 Å². The van der Waals surface area contributed by atoms with Crippen molar-refractivity contribution in [1.29, 1.82) is 0 Å². The van der Waals surface area contributed by atoms with Gasteiger partial charge in [-0.1, -0.05) is 5.16 Å². The second-order valence-electron chi connectivity index (χ2n) is 2.47. The Labute approximate surface area is 65.2 Å². The van der Waals surface area contributed by atoms with Gasteiger partial charge in [0, 0.05) is 12.1 Å². The zero-order chi connectivity index (χ0) is 8.27. The number of hydrogen-bond acceptors (Lipinski definition) is 4. The molecule has 1 saturated carbocycles. The molecule has 4 nitrogen and oxygen atoms in total. The molecule has 4 heteroatoms. The third-order valence-corrected chi connectivity index (χ3v) is 1.70. The van der Waals surface area contributed by atoms with Crippen molar-refractivity contribution in [3.8, 4) is 0 Å². The van der Waals surface area contributed by atoms with Crippen LogP contribution in [0.1, 0.15) is 6.42 Å². The molecule has 11 heavy (non-hydrogen) atoms. The monoisotopic (exact) mass is 157 g/mol. The highest BCUT2D eigenvalue weighted by Crippen LogP contribution is 2.37. The van der Waals surface area contributed by atoms with Crippen molar-refractivity contribution in [2.45, 2.75) is 6.42 Å². The maximum Gasteiger partial charge on any atom is 0.309 e. The minimum Gasteiger partial charge on any atom is -0.469 e. The fourth-order valence-electron chi connectivity index (χ4n) is 0.941. The van der Waals surface area contributed by atoms with Crippen molar-refractivity contribution in [2.75, 3.05) is 14.2 Å². The van der Waals surface area contributed by atoms with E-state index < -0.39 is 0 Å². The SMILES string of the molecule is CON=CC1CC1C(=O)OC. The fraction of sp³-hybridized carbons (Fsp3) is 0.714. The first-order valence-electron chi connectivity index (χ1n) is 3.44. The van der Waals surface area contributed by atoms with Gasteiger partial charge in [0.05, 0.1) is 13.0 Å². The Morgan fingerprint density at radius 1 is 1.64 bits per heavy atom. The number of rotatable bonds is 3. The van der Waals surface area contributed by atoms with Gasteiger partial charge in [-0.05, 0) is 6.42 Å². The van der Waals surface area contributed by atoms with E-state index in [2.05, 4.69) is 14.7 Å². The zero-order valence-corrected chi connectivity index (χ0v) is 6.61. The Morgan fingerprint density at radius 3 is 2.91 bits per heavy atom. The van der Waals surface area contributed by atoms with Gasteiger partial charge in [-0.15, -0.1) is 0 Å². The minimum atomic E-state index is -0.155. The number of oxime groups is 1. The summed E-state index contributed by atoms with van der Waals surface area (Å²) in [5.74, 6) is 0.0823. The molecule has 0 amide bonds. The van der Waals surface area contributed by atoms with Gasteiger partial charge in [0.2, 0.25) is 0 Å². The van der Waals surface area contributed by atoms with Gasteiger partial charge in [0.1, 0.15) is 7.11 Å². The summed E-state index contributed by atoms with van der Waals surface area (Å²) in [4.78, 5) is 15.3. The molecule has 0 radical (unpaired) electrons. The van der Waals surface area contributed by atoms with Crippen LogP contribution in [0, 0.1) is 11.8 Å². The van der Waals surface area contributed by atoms with E-state index in [0.29, 0.717) is 0 Å². The predicted molar refractivity (Wildman–Crippen MR) is 39.1 cm³/mol. The Hall–Kier alpha value is -1.06. The van der Waals surface area contributed by atoms with Gasteiger partial charge in [-0.2, -0.15) is 0 Å². The Morgan fingerprint density at radius 2 is 2.36 bits per heavy atom. The molecular formula is C7H11NO3. The van der Waals surface area contributed by atoms with Crippen molar-refractivity contribution in [2.24, 2.45) is 17.0 Å². The molecular weight excluding hydrogens is 146 g/mol. The van der Waals surface area contributed by atoms with Crippen molar-refractivity contribution in [3.05, 3.63) is 0 Å². The molecule has 1 aliphatic carbocycles. The third-order valence-electron chi connectivity index (χ3n) is 1.70. The molecule has 0 saturated heterocycles. The summed E-state index contributed by atoms with van der Waals surface area (Å²) in [5, 5.41) is 3.57. The quantitative estimate of drug-likeness (QED) is 0.339. The average Bonchev–Trinajstić information content (AvgIpc) is 2.78. The van der Waals surface area contributed by atoms with Crippen LogP contribution in [0.25, 0.3) is 0 Å². The van der Waals surface area contributed by atoms with E-state index in [1.807, 2.05) is 0 Å². The van der Waals surface area contributed by atoms with Crippen molar-refractivity contribution < 1.29 is 14.4 Å². The van der Waals surface area contributed by atoms with Crippen molar-refractivity contribution in [3.63, 3.8) is 0 Å². The minimum absolute atomic E-state index is 0.0129. The highest BCUT2D eigenvalue weighted by molar-refractivity contribution is 5.82. The van der Waals surface area contributed by atoms with Gasteiger partial charge >= 0.3 is 5.97 Å². The maximum atomic E-state index is 10.8. The number of carbonyl (C=O) groups is 1. The van der Waals surface area contributed by atoms with E-state index in [0.717, 1.165) is 6.42 Å². The highest BCUT2D eigenvalue weighted by atomic mass is 16.6. The first-order chi connectivity index (χ1) is 5.29. The summed E-state index contributed by atoms with van der Waals surface area (Å²) in [6.07, 6.45) is 2.47. The summed E-state index contributed by atoms with van der Waals surface area (Å²) in [5.41, 5.74) is 0. The van der Waals surface area contributed by atoms with Crippen LogP contribution in [0.4, 0.5) is 0 Å². The van der Waals surface area contributed by atoms with E-state index >= 15 is 0 Å². The van der Waals surface area contributed by atoms with Crippen molar-refractivity contribution >= 4 is 12.2 Å². The normalized spacial score (nSPS) is 28.5. The van der Waals surface area contributed by atoms with Crippen LogP contribution in [0.3, 0.4) is 0 Å². The maximum absolute atomic E-state index is 10.8. The molecule has 0 aromatic carbocycles. The highest BCUT2D eigenvalue weighted by Gasteiger charge is 2.43. The molecule has 1 rings (SSSR count). The van der Waals surface area contributed by atoms with E-state index in [9.17, 15) is 4.79 Å². The van der Waals surface area contributed by atoms with Gasteiger partial charge in [0.25, 0.3) is 0 Å². The molecule has 2 atom stereocenters. The number of carbonyl (C=O) groups excluding carboxylic acids is 1. The second-order valence-corrected chi connectivity index (χ2v) is 2.47. The summed E-state index contributed by atoms with van der Waals surface area (Å²) >= 11 is 0. The lowest BCUT2D eigenvalue weighted by atomic mass is 10.3. The molecule has 0 aromatic rings. The first-order valence-corrected chi connectivity index (χ1v) is 3.44. The summed E-state index contributed by atoms with van der Waals surface area (Å²) in [7, 11) is 2.87. The smallest absolute Gasteiger partial charge is 0.309 e. The summed E-state index contributed by atoms with van der Waals surface area (Å²) < 4.78 is 4.54. The van der Waals surface area contributed by atoms with Gasteiger partial charge in [0.15, 0.2) is 0 Å². The number of esters is 1. The number of nitrogens with zero attached hydrogens (tertiary/aromatic N) is 1. The molecule has 62 valence electrons. The van der Waals surface area contributed by atoms with E-state index in [1.54, 1.807) is 6.21 Å². The topological polar surface area (TPSA) is 47.9 Å². The Kier molecular flexibility index (Phi) is 2.46. The number of ether oxygens (including phenoxy) is 1. The molecule has 0 bridgehead atoms. The number of methoxy groups -OCH3 is 1. The molecule has 1 aliphatic rings. The molecule has 1 fully saturated rings. The van der Waals surface area contributed by atoms with Crippen LogP contribution in [0.5, 0.6) is 0 Å². The van der Waals surface area contributed by atoms with Crippen LogP contribution < -0.4 is 0 Å². The van der Waals surface area contributed by atoms with Crippen LogP contribution in [0.15, 0.2) is 5.16 Å². The van der Waals surface area contributed by atoms with E-state index in [1.165, 1.54) is 14.2 Å². The molecule has 0 aromatic heterocycles. The van der Waals surface area contributed by atoms with E-state index in [4.69, 9.17) is 0 Å². The summed E-state index contributed by atoms with van der Waals surface area (Å²) in [6, 6.07) is 0. The van der Waals surface area contributed by atoms with E-state index in [-0.39, 0.29) is 17.8 Å². The molecule has 0 spiro atoms. The average molecular weight is 157 g/mol. The molecule has 0 heterocycles. The van der Waals surface area contributed by atoms with Crippen molar-refractivity contribution in [1.82, 2.24) is 0 Å². The first kappa shape index (κ1) is 8.04. The van der Waals surface area contributed by atoms with Crippen LogP contribution in [-0.4, -0.2) is 26.4 Å². The third kappa shape index (κ3) is 1.93. The molecule has 0 N–H and O–H groups in total. The Bertz CT molecular complexity index is 179. The largest absolute Gasteiger partial charge is 0.469 e.